The monoisotopic (exact) mass is 297 g/mol. The zero-order valence-electron chi connectivity index (χ0n) is 15.2. The van der Waals surface area contributed by atoms with Crippen LogP contribution >= 0.6 is 0 Å². The van der Waals surface area contributed by atoms with Crippen LogP contribution in [0.25, 0.3) is 0 Å². The first-order valence-corrected chi connectivity index (χ1v) is 9.31. The van der Waals surface area contributed by atoms with E-state index in [4.69, 9.17) is 0 Å². The van der Waals surface area contributed by atoms with Crippen molar-refractivity contribution in [2.45, 2.75) is 72.4 Å². The summed E-state index contributed by atoms with van der Waals surface area (Å²) in [7, 11) is 0. The van der Waals surface area contributed by atoms with Crippen molar-refractivity contribution in [1.29, 1.82) is 0 Å². The molecule has 126 valence electrons. The zero-order chi connectivity index (χ0) is 15.7. The van der Waals surface area contributed by atoms with Crippen LogP contribution in [-0.2, 0) is 0 Å². The highest BCUT2D eigenvalue weighted by Gasteiger charge is 2.23. The fraction of sp³-hybridized carbons (Fsp3) is 1.00. The molecule has 0 aromatic carbocycles. The molecule has 1 N–H and O–H groups in total. The summed E-state index contributed by atoms with van der Waals surface area (Å²) in [6, 6.07) is 1.33. The van der Waals surface area contributed by atoms with Crippen LogP contribution in [0, 0.1) is 5.92 Å². The van der Waals surface area contributed by atoms with Crippen molar-refractivity contribution in [2.75, 3.05) is 39.3 Å². The predicted octanol–water partition coefficient (Wildman–Crippen LogP) is 3.21. The maximum absolute atomic E-state index is 3.86. The van der Waals surface area contributed by atoms with Gasteiger partial charge < -0.3 is 15.1 Å². The third-order valence-electron chi connectivity index (χ3n) is 5.34. The van der Waals surface area contributed by atoms with E-state index in [2.05, 4.69) is 49.7 Å². The largest absolute Gasteiger partial charge is 0.312 e. The second kappa shape index (κ2) is 10.6. The minimum atomic E-state index is 0.653. The molecular weight excluding hydrogens is 258 g/mol. The van der Waals surface area contributed by atoms with Crippen molar-refractivity contribution in [1.82, 2.24) is 15.1 Å². The van der Waals surface area contributed by atoms with E-state index < -0.39 is 0 Å². The predicted molar refractivity (Wildman–Crippen MR) is 93.9 cm³/mol. The SMILES string of the molecule is CCN(CC)CCCC(C)NC(C)C1CCN(CC)CC1. The van der Waals surface area contributed by atoms with Gasteiger partial charge in [-0.15, -0.1) is 0 Å². The molecule has 2 atom stereocenters. The molecule has 0 aromatic rings. The highest BCUT2D eigenvalue weighted by molar-refractivity contribution is 4.81. The molecule has 0 radical (unpaired) electrons. The Morgan fingerprint density at radius 3 is 2.24 bits per heavy atom. The Labute approximate surface area is 133 Å². The first-order chi connectivity index (χ1) is 10.1. The maximum atomic E-state index is 3.86. The van der Waals surface area contributed by atoms with E-state index in [0.717, 1.165) is 5.92 Å². The number of nitrogens with zero attached hydrogens (tertiary/aromatic N) is 2. The second-order valence-electron chi connectivity index (χ2n) is 6.80. The van der Waals surface area contributed by atoms with E-state index in [9.17, 15) is 0 Å². The summed E-state index contributed by atoms with van der Waals surface area (Å²) in [5, 5.41) is 3.86. The minimum Gasteiger partial charge on any atom is -0.312 e. The van der Waals surface area contributed by atoms with Gasteiger partial charge in [-0.25, -0.2) is 0 Å². The molecular formula is C18H39N3. The van der Waals surface area contributed by atoms with Gasteiger partial charge in [-0.05, 0) is 84.7 Å². The van der Waals surface area contributed by atoms with Crippen molar-refractivity contribution in [3.05, 3.63) is 0 Å². The molecule has 0 aliphatic carbocycles. The summed E-state index contributed by atoms with van der Waals surface area (Å²) in [6.07, 6.45) is 5.35. The first-order valence-electron chi connectivity index (χ1n) is 9.31. The number of hydrogen-bond acceptors (Lipinski definition) is 3. The fourth-order valence-corrected chi connectivity index (χ4v) is 3.60. The molecule has 21 heavy (non-hydrogen) atoms. The number of likely N-dealkylation sites (tertiary alicyclic amines) is 1. The van der Waals surface area contributed by atoms with Crippen molar-refractivity contribution in [3.8, 4) is 0 Å². The molecule has 0 aromatic heterocycles. The summed E-state index contributed by atoms with van der Waals surface area (Å²) in [5.41, 5.74) is 0. The molecule has 1 rings (SSSR count). The normalized spacial score (nSPS) is 20.9. The smallest absolute Gasteiger partial charge is 0.00704 e. The van der Waals surface area contributed by atoms with Gasteiger partial charge in [0.05, 0.1) is 0 Å². The van der Waals surface area contributed by atoms with Gasteiger partial charge in [0.15, 0.2) is 0 Å². The molecule has 0 saturated carbocycles. The lowest BCUT2D eigenvalue weighted by molar-refractivity contribution is 0.164. The van der Waals surface area contributed by atoms with Gasteiger partial charge in [0, 0.05) is 12.1 Å². The van der Waals surface area contributed by atoms with Crippen LogP contribution in [-0.4, -0.2) is 61.2 Å². The van der Waals surface area contributed by atoms with Crippen LogP contribution in [0.3, 0.4) is 0 Å². The average Bonchev–Trinajstić information content (AvgIpc) is 2.51. The van der Waals surface area contributed by atoms with E-state index in [0.29, 0.717) is 12.1 Å². The average molecular weight is 298 g/mol. The minimum absolute atomic E-state index is 0.653. The summed E-state index contributed by atoms with van der Waals surface area (Å²) >= 11 is 0. The van der Waals surface area contributed by atoms with E-state index in [1.807, 2.05) is 0 Å². The Morgan fingerprint density at radius 1 is 1.10 bits per heavy atom. The summed E-state index contributed by atoms with van der Waals surface area (Å²) < 4.78 is 0. The number of hydrogen-bond donors (Lipinski definition) is 1. The highest BCUT2D eigenvalue weighted by Crippen LogP contribution is 2.21. The Kier molecular flexibility index (Phi) is 9.54. The van der Waals surface area contributed by atoms with Gasteiger partial charge in [0.1, 0.15) is 0 Å². The van der Waals surface area contributed by atoms with Gasteiger partial charge in [0.2, 0.25) is 0 Å². The van der Waals surface area contributed by atoms with E-state index in [-0.39, 0.29) is 0 Å². The van der Waals surface area contributed by atoms with Gasteiger partial charge in [-0.1, -0.05) is 20.8 Å². The molecule has 0 bridgehead atoms. The standard InChI is InChI=1S/C18H39N3/c1-6-20(7-2)13-9-10-16(4)19-17(5)18-11-14-21(8-3)15-12-18/h16-19H,6-15H2,1-5H3. The maximum Gasteiger partial charge on any atom is 0.00704 e. The summed E-state index contributed by atoms with van der Waals surface area (Å²) in [4.78, 5) is 5.10. The number of piperidine rings is 1. The second-order valence-corrected chi connectivity index (χ2v) is 6.80. The molecule has 1 aliphatic rings. The van der Waals surface area contributed by atoms with Crippen LogP contribution in [0.1, 0.15) is 60.3 Å². The molecule has 3 nitrogen and oxygen atoms in total. The number of rotatable bonds is 10. The molecule has 1 fully saturated rings. The van der Waals surface area contributed by atoms with Crippen LogP contribution in [0.5, 0.6) is 0 Å². The lowest BCUT2D eigenvalue weighted by atomic mass is 9.89. The van der Waals surface area contributed by atoms with Gasteiger partial charge in [-0.2, -0.15) is 0 Å². The zero-order valence-corrected chi connectivity index (χ0v) is 15.2. The molecule has 2 unspecified atom stereocenters. The highest BCUT2D eigenvalue weighted by atomic mass is 15.1. The lowest BCUT2D eigenvalue weighted by Gasteiger charge is -2.35. The van der Waals surface area contributed by atoms with Crippen LogP contribution < -0.4 is 5.32 Å². The van der Waals surface area contributed by atoms with Crippen molar-refractivity contribution in [2.24, 2.45) is 5.92 Å². The molecule has 3 heteroatoms. The van der Waals surface area contributed by atoms with E-state index in [1.54, 1.807) is 0 Å². The van der Waals surface area contributed by atoms with Gasteiger partial charge in [-0.3, -0.25) is 0 Å². The van der Waals surface area contributed by atoms with Crippen molar-refractivity contribution < 1.29 is 0 Å². The fourth-order valence-electron chi connectivity index (χ4n) is 3.60. The summed E-state index contributed by atoms with van der Waals surface area (Å²) in [6.45, 7) is 19.0. The van der Waals surface area contributed by atoms with E-state index in [1.165, 1.54) is 65.0 Å². The Bertz CT molecular complexity index is 245. The van der Waals surface area contributed by atoms with Gasteiger partial charge in [0.25, 0.3) is 0 Å². The molecule has 0 amide bonds. The molecule has 1 heterocycles. The van der Waals surface area contributed by atoms with Crippen molar-refractivity contribution in [3.63, 3.8) is 0 Å². The third kappa shape index (κ3) is 7.12. The molecule has 1 aliphatic heterocycles. The summed E-state index contributed by atoms with van der Waals surface area (Å²) in [5.74, 6) is 0.873. The third-order valence-corrected chi connectivity index (χ3v) is 5.34. The Hall–Kier alpha value is -0.120. The van der Waals surface area contributed by atoms with Gasteiger partial charge >= 0.3 is 0 Å². The number of nitrogens with one attached hydrogen (secondary N) is 1. The van der Waals surface area contributed by atoms with Crippen molar-refractivity contribution >= 4 is 0 Å². The first kappa shape index (κ1) is 18.9. The lowest BCUT2D eigenvalue weighted by Crippen LogP contribution is -2.44. The topological polar surface area (TPSA) is 18.5 Å². The quantitative estimate of drug-likeness (QED) is 0.668. The van der Waals surface area contributed by atoms with E-state index >= 15 is 0 Å². The van der Waals surface area contributed by atoms with Crippen LogP contribution in [0.2, 0.25) is 0 Å². The van der Waals surface area contributed by atoms with Crippen LogP contribution in [0.15, 0.2) is 0 Å². The molecule has 0 spiro atoms. The Morgan fingerprint density at radius 2 is 1.71 bits per heavy atom. The Balaban J connectivity index is 2.17. The van der Waals surface area contributed by atoms with Crippen LogP contribution in [0.4, 0.5) is 0 Å². The molecule has 1 saturated heterocycles.